The van der Waals surface area contributed by atoms with Crippen LogP contribution in [-0.2, 0) is 9.47 Å². The minimum atomic E-state index is -0.672. The van der Waals surface area contributed by atoms with Crippen molar-refractivity contribution >= 4 is 46.6 Å². The van der Waals surface area contributed by atoms with Gasteiger partial charge in [0.15, 0.2) is 0 Å². The van der Waals surface area contributed by atoms with E-state index in [0.717, 1.165) is 36.7 Å². The lowest BCUT2D eigenvalue weighted by atomic mass is 9.95. The summed E-state index contributed by atoms with van der Waals surface area (Å²) in [7, 11) is 3.51. The van der Waals surface area contributed by atoms with Crippen molar-refractivity contribution in [3.05, 3.63) is 36.3 Å². The highest BCUT2D eigenvalue weighted by molar-refractivity contribution is 5.98. The molecule has 3 aliphatic rings. The first-order chi connectivity index (χ1) is 21.4. The predicted molar refractivity (Wildman–Crippen MR) is 169 cm³/mol. The van der Waals surface area contributed by atoms with Gasteiger partial charge in [0.05, 0.1) is 18.4 Å². The molecule has 3 amide bonds. The summed E-state index contributed by atoms with van der Waals surface area (Å²) in [6.45, 7) is 6.94. The van der Waals surface area contributed by atoms with Crippen LogP contribution in [0.5, 0.6) is 0 Å². The van der Waals surface area contributed by atoms with Crippen LogP contribution < -0.4 is 10.2 Å². The van der Waals surface area contributed by atoms with E-state index in [4.69, 9.17) is 14.5 Å². The van der Waals surface area contributed by atoms with Gasteiger partial charge in [0.25, 0.3) is 5.91 Å². The Morgan fingerprint density at radius 3 is 2.53 bits per heavy atom. The molecule has 2 aliphatic heterocycles. The number of aromatic nitrogens is 4. The lowest BCUT2D eigenvalue weighted by Gasteiger charge is -2.27. The summed E-state index contributed by atoms with van der Waals surface area (Å²) in [5.74, 6) is 0.834. The van der Waals surface area contributed by atoms with Crippen LogP contribution in [0.2, 0.25) is 0 Å². The molecule has 13 heteroatoms. The molecule has 240 valence electrons. The number of ether oxygens (including phenoxy) is 2. The molecule has 2 saturated heterocycles. The molecule has 3 fully saturated rings. The van der Waals surface area contributed by atoms with Gasteiger partial charge in [-0.1, -0.05) is 12.8 Å². The lowest BCUT2D eigenvalue weighted by Crippen LogP contribution is -2.39. The van der Waals surface area contributed by atoms with E-state index < -0.39 is 17.3 Å². The SMILES string of the molecule is CN(C)C(=O)c1cc2cnc(Nc3ccc(N4CC5(CCCN(C(=O)OC(C)(C)C)CC5)OC4=O)cn3)nc2n1C1CCCC1. The normalized spacial score (nSPS) is 20.9. The molecule has 0 aromatic carbocycles. The van der Waals surface area contributed by atoms with E-state index in [-0.39, 0.29) is 18.0 Å². The zero-order valence-electron chi connectivity index (χ0n) is 26.7. The summed E-state index contributed by atoms with van der Waals surface area (Å²) in [5.41, 5.74) is 0.724. The Labute approximate surface area is 262 Å². The third-order valence-corrected chi connectivity index (χ3v) is 8.71. The maximum absolute atomic E-state index is 13.0. The van der Waals surface area contributed by atoms with E-state index in [1.807, 2.05) is 32.9 Å². The number of fused-ring (bicyclic) bond motifs is 1. The third kappa shape index (κ3) is 6.38. The molecule has 5 heterocycles. The number of nitrogens with one attached hydrogen (secondary N) is 1. The number of anilines is 3. The van der Waals surface area contributed by atoms with Gasteiger partial charge in [-0.15, -0.1) is 0 Å². The first-order valence-corrected chi connectivity index (χ1v) is 15.7. The largest absolute Gasteiger partial charge is 0.444 e. The topological polar surface area (TPSA) is 135 Å². The number of carbonyl (C=O) groups excluding carboxylic acids is 3. The minimum Gasteiger partial charge on any atom is -0.444 e. The van der Waals surface area contributed by atoms with Crippen molar-refractivity contribution in [1.82, 2.24) is 29.3 Å². The zero-order valence-corrected chi connectivity index (χ0v) is 26.7. The summed E-state index contributed by atoms with van der Waals surface area (Å²) in [6.07, 6.45) is 8.76. The summed E-state index contributed by atoms with van der Waals surface area (Å²) in [4.78, 5) is 57.3. The zero-order chi connectivity index (χ0) is 31.9. The van der Waals surface area contributed by atoms with Gasteiger partial charge in [-0.25, -0.2) is 19.6 Å². The number of amides is 3. The van der Waals surface area contributed by atoms with Crippen LogP contribution in [-0.4, -0.2) is 92.3 Å². The van der Waals surface area contributed by atoms with Crippen LogP contribution >= 0.6 is 0 Å². The molecule has 45 heavy (non-hydrogen) atoms. The van der Waals surface area contributed by atoms with E-state index in [0.29, 0.717) is 62.0 Å². The first-order valence-electron chi connectivity index (χ1n) is 15.7. The van der Waals surface area contributed by atoms with Gasteiger partial charge in [-0.3, -0.25) is 9.69 Å². The Morgan fingerprint density at radius 2 is 1.84 bits per heavy atom. The van der Waals surface area contributed by atoms with E-state index in [1.165, 1.54) is 0 Å². The van der Waals surface area contributed by atoms with E-state index in [2.05, 4.69) is 19.9 Å². The first kappa shape index (κ1) is 30.6. The molecule has 1 spiro atoms. The molecular formula is C32H42N8O5. The van der Waals surface area contributed by atoms with Gasteiger partial charge in [-0.05, 0) is 64.7 Å². The molecule has 1 atom stereocenters. The average Bonchev–Trinajstić information content (AvgIpc) is 3.67. The monoisotopic (exact) mass is 618 g/mol. The smallest absolute Gasteiger partial charge is 0.415 e. The maximum atomic E-state index is 13.0. The molecule has 1 saturated carbocycles. The van der Waals surface area contributed by atoms with Crippen molar-refractivity contribution in [3.8, 4) is 0 Å². The van der Waals surface area contributed by atoms with Crippen LogP contribution in [0.25, 0.3) is 11.0 Å². The van der Waals surface area contributed by atoms with Crippen LogP contribution in [0, 0.1) is 0 Å². The number of hydrogen-bond acceptors (Lipinski definition) is 9. The summed E-state index contributed by atoms with van der Waals surface area (Å²) < 4.78 is 13.6. The fourth-order valence-corrected chi connectivity index (χ4v) is 6.49. The molecule has 3 aromatic rings. The fraction of sp³-hybridized carbons (Fsp3) is 0.562. The Bertz CT molecular complexity index is 1590. The van der Waals surface area contributed by atoms with Crippen molar-refractivity contribution in [1.29, 1.82) is 0 Å². The van der Waals surface area contributed by atoms with E-state index >= 15 is 0 Å². The fourth-order valence-electron chi connectivity index (χ4n) is 6.49. The number of likely N-dealkylation sites (tertiary alicyclic amines) is 1. The van der Waals surface area contributed by atoms with Crippen molar-refractivity contribution < 1.29 is 23.9 Å². The van der Waals surface area contributed by atoms with Gasteiger partial charge >= 0.3 is 12.2 Å². The number of pyridine rings is 1. The predicted octanol–water partition coefficient (Wildman–Crippen LogP) is 5.50. The molecule has 6 rings (SSSR count). The second kappa shape index (κ2) is 11.8. The van der Waals surface area contributed by atoms with Gasteiger partial charge < -0.3 is 29.2 Å². The summed E-state index contributed by atoms with van der Waals surface area (Å²) in [6, 6.07) is 5.68. The second-order valence-electron chi connectivity index (χ2n) is 13.5. The van der Waals surface area contributed by atoms with E-state index in [1.54, 1.807) is 47.3 Å². The molecule has 1 unspecified atom stereocenters. The highest BCUT2D eigenvalue weighted by Crippen LogP contribution is 2.37. The Morgan fingerprint density at radius 1 is 1.07 bits per heavy atom. The van der Waals surface area contributed by atoms with Crippen molar-refractivity contribution in [2.75, 3.05) is 43.9 Å². The number of hydrogen-bond donors (Lipinski definition) is 1. The Balaban J connectivity index is 1.15. The molecule has 3 aromatic heterocycles. The Hall–Kier alpha value is -4.42. The van der Waals surface area contributed by atoms with Crippen LogP contribution in [0.1, 0.15) is 82.2 Å². The lowest BCUT2D eigenvalue weighted by molar-refractivity contribution is 0.0217. The standard InChI is InChI=1S/C32H42N8O5/c1-31(2,3)44-29(42)38-15-8-13-32(14-16-38)20-39(30(43)45-32)23-11-12-25(33-19-23)35-28-34-18-21-17-24(27(41)37(4)5)40(26(21)36-28)22-9-6-7-10-22/h11-12,17-19,22H,6-10,13-16,20H2,1-5H3,(H,33,34,35,36). The molecule has 1 aliphatic carbocycles. The van der Waals surface area contributed by atoms with Crippen molar-refractivity contribution in [2.45, 2.75) is 83.0 Å². The molecule has 13 nitrogen and oxygen atoms in total. The van der Waals surface area contributed by atoms with Gasteiger partial charge in [0.2, 0.25) is 5.95 Å². The van der Waals surface area contributed by atoms with Crippen molar-refractivity contribution in [2.24, 2.45) is 0 Å². The maximum Gasteiger partial charge on any atom is 0.415 e. The van der Waals surface area contributed by atoms with Crippen LogP contribution in [0.15, 0.2) is 30.6 Å². The quantitative estimate of drug-likeness (QED) is 0.393. The highest BCUT2D eigenvalue weighted by Gasteiger charge is 2.47. The van der Waals surface area contributed by atoms with Crippen LogP contribution in [0.3, 0.4) is 0 Å². The van der Waals surface area contributed by atoms with E-state index in [9.17, 15) is 14.4 Å². The van der Waals surface area contributed by atoms with Crippen LogP contribution in [0.4, 0.5) is 27.0 Å². The van der Waals surface area contributed by atoms with Gasteiger partial charge in [0.1, 0.15) is 28.4 Å². The molecule has 0 bridgehead atoms. The second-order valence-corrected chi connectivity index (χ2v) is 13.5. The molecular weight excluding hydrogens is 576 g/mol. The number of nitrogens with zero attached hydrogens (tertiary/aromatic N) is 7. The molecule has 0 radical (unpaired) electrons. The highest BCUT2D eigenvalue weighted by atomic mass is 16.6. The summed E-state index contributed by atoms with van der Waals surface area (Å²) >= 11 is 0. The number of carbonyl (C=O) groups is 3. The van der Waals surface area contributed by atoms with Gasteiger partial charge in [-0.2, -0.15) is 4.98 Å². The molecule has 1 N–H and O–H groups in total. The van der Waals surface area contributed by atoms with Gasteiger partial charge in [0, 0.05) is 51.2 Å². The number of rotatable bonds is 5. The average molecular weight is 619 g/mol. The summed E-state index contributed by atoms with van der Waals surface area (Å²) in [5, 5.41) is 3.99. The van der Waals surface area contributed by atoms with Crippen molar-refractivity contribution in [3.63, 3.8) is 0 Å². The minimum absolute atomic E-state index is 0.0573. The third-order valence-electron chi connectivity index (χ3n) is 8.71. The Kier molecular flexibility index (Phi) is 8.04.